The molecular formula is C21H22N4O2. The molecule has 2 heterocycles. The molecule has 27 heavy (non-hydrogen) atoms. The number of rotatable bonds is 7. The van der Waals surface area contributed by atoms with Crippen molar-refractivity contribution in [1.82, 2.24) is 14.4 Å². The van der Waals surface area contributed by atoms with E-state index in [0.29, 0.717) is 17.1 Å². The number of fused-ring (bicyclic) bond motifs is 1. The Kier molecular flexibility index (Phi) is 5.68. The number of aryl methyl sites for hydroxylation is 1. The molecule has 6 heteroatoms. The van der Waals surface area contributed by atoms with Crippen LogP contribution in [0.15, 0.2) is 73.4 Å². The van der Waals surface area contributed by atoms with Gasteiger partial charge in [0.25, 0.3) is 0 Å². The second-order valence-electron chi connectivity index (χ2n) is 5.88. The van der Waals surface area contributed by atoms with Crippen LogP contribution in [0.3, 0.4) is 0 Å². The van der Waals surface area contributed by atoms with Crippen molar-refractivity contribution in [2.75, 3.05) is 19.0 Å². The standard InChI is InChI=1S/C21H22N4O2/c1-4-7-16(12-17(14-26)27-3)20-21(23-18-9-6-5-8-15(18)2)25-11-10-22-13-19(25)24-20/h4-13,23,26H,1,14H2,2-3H3/b16-7+,17-12+. The molecule has 0 amide bonds. The monoisotopic (exact) mass is 362 g/mol. The number of hydrogen-bond donors (Lipinski definition) is 2. The van der Waals surface area contributed by atoms with Crippen LogP contribution in [-0.4, -0.2) is 33.2 Å². The summed E-state index contributed by atoms with van der Waals surface area (Å²) < 4.78 is 7.15. The number of ether oxygens (including phenoxy) is 1. The normalized spacial score (nSPS) is 12.3. The largest absolute Gasteiger partial charge is 0.499 e. The molecule has 0 saturated heterocycles. The number of nitrogens with zero attached hydrogens (tertiary/aromatic N) is 3. The molecule has 0 radical (unpaired) electrons. The number of imidazole rings is 1. The summed E-state index contributed by atoms with van der Waals surface area (Å²) in [6, 6.07) is 8.04. The van der Waals surface area contributed by atoms with Gasteiger partial charge in [-0.15, -0.1) is 0 Å². The van der Waals surface area contributed by atoms with Crippen molar-refractivity contribution in [2.24, 2.45) is 0 Å². The summed E-state index contributed by atoms with van der Waals surface area (Å²) in [6.07, 6.45) is 10.5. The zero-order valence-corrected chi connectivity index (χ0v) is 15.4. The van der Waals surface area contributed by atoms with Crippen molar-refractivity contribution < 1.29 is 9.84 Å². The number of aromatic nitrogens is 3. The van der Waals surface area contributed by atoms with Gasteiger partial charge in [-0.3, -0.25) is 9.38 Å². The van der Waals surface area contributed by atoms with E-state index in [1.807, 2.05) is 47.9 Å². The molecular weight excluding hydrogens is 340 g/mol. The highest BCUT2D eigenvalue weighted by Gasteiger charge is 2.16. The van der Waals surface area contributed by atoms with E-state index in [2.05, 4.69) is 16.9 Å². The van der Waals surface area contributed by atoms with Crippen LogP contribution in [0.1, 0.15) is 11.3 Å². The number of aliphatic hydroxyl groups excluding tert-OH is 1. The number of methoxy groups -OCH3 is 1. The minimum absolute atomic E-state index is 0.208. The third-order valence-corrected chi connectivity index (χ3v) is 4.13. The zero-order chi connectivity index (χ0) is 19.2. The highest BCUT2D eigenvalue weighted by Crippen LogP contribution is 2.30. The first kappa shape index (κ1) is 18.4. The summed E-state index contributed by atoms with van der Waals surface area (Å²) in [5.41, 5.74) is 4.26. The van der Waals surface area contributed by atoms with Gasteiger partial charge in [-0.05, 0) is 24.6 Å². The SMILES string of the molecule is C=C/C=C(\C=C(/CO)OC)c1nc2cnccn2c1Nc1ccccc1C. The van der Waals surface area contributed by atoms with E-state index < -0.39 is 0 Å². The quantitative estimate of drug-likeness (QED) is 0.493. The topological polar surface area (TPSA) is 71.7 Å². The molecule has 0 unspecified atom stereocenters. The number of nitrogens with one attached hydrogen (secondary N) is 1. The Labute approximate surface area is 158 Å². The van der Waals surface area contributed by atoms with E-state index in [4.69, 9.17) is 9.72 Å². The second kappa shape index (κ2) is 8.33. The first-order valence-electron chi connectivity index (χ1n) is 8.51. The lowest BCUT2D eigenvalue weighted by atomic mass is 10.1. The summed E-state index contributed by atoms with van der Waals surface area (Å²) in [5.74, 6) is 1.22. The first-order valence-corrected chi connectivity index (χ1v) is 8.51. The minimum atomic E-state index is -0.208. The number of para-hydroxylation sites is 1. The average molecular weight is 362 g/mol. The van der Waals surface area contributed by atoms with E-state index in [-0.39, 0.29) is 6.61 Å². The van der Waals surface area contributed by atoms with Gasteiger partial charge in [-0.2, -0.15) is 0 Å². The maximum absolute atomic E-state index is 9.47. The molecule has 1 aromatic carbocycles. The van der Waals surface area contributed by atoms with Crippen LogP contribution in [0, 0.1) is 6.92 Å². The molecule has 0 aliphatic carbocycles. The van der Waals surface area contributed by atoms with Gasteiger partial charge in [0.15, 0.2) is 5.65 Å². The van der Waals surface area contributed by atoms with Crippen LogP contribution in [0.25, 0.3) is 11.2 Å². The molecule has 138 valence electrons. The maximum Gasteiger partial charge on any atom is 0.157 e. The fourth-order valence-corrected chi connectivity index (χ4v) is 2.73. The van der Waals surface area contributed by atoms with Crippen molar-refractivity contribution in [3.8, 4) is 0 Å². The van der Waals surface area contributed by atoms with Crippen molar-refractivity contribution in [3.63, 3.8) is 0 Å². The number of benzene rings is 1. The number of aliphatic hydroxyl groups is 1. The Morgan fingerprint density at radius 1 is 1.37 bits per heavy atom. The molecule has 0 fully saturated rings. The van der Waals surface area contributed by atoms with Crippen molar-refractivity contribution in [1.29, 1.82) is 0 Å². The Bertz CT molecular complexity index is 1010. The smallest absolute Gasteiger partial charge is 0.157 e. The molecule has 0 atom stereocenters. The van der Waals surface area contributed by atoms with E-state index in [1.165, 1.54) is 7.11 Å². The van der Waals surface area contributed by atoms with Gasteiger partial charge in [-0.25, -0.2) is 4.98 Å². The molecule has 0 aliphatic heterocycles. The van der Waals surface area contributed by atoms with Crippen LogP contribution < -0.4 is 5.32 Å². The van der Waals surface area contributed by atoms with Crippen molar-refractivity contribution >= 4 is 22.7 Å². The first-order chi connectivity index (χ1) is 13.2. The van der Waals surface area contributed by atoms with Crippen LogP contribution in [-0.2, 0) is 4.74 Å². The Morgan fingerprint density at radius 3 is 2.89 bits per heavy atom. The minimum Gasteiger partial charge on any atom is -0.499 e. The van der Waals surface area contributed by atoms with Gasteiger partial charge >= 0.3 is 0 Å². The van der Waals surface area contributed by atoms with Crippen LogP contribution >= 0.6 is 0 Å². The summed E-state index contributed by atoms with van der Waals surface area (Å²) in [6.45, 7) is 5.63. The van der Waals surface area contributed by atoms with Gasteiger partial charge in [-0.1, -0.05) is 36.9 Å². The Hall–Kier alpha value is -3.38. The Morgan fingerprint density at radius 2 is 2.19 bits per heavy atom. The second-order valence-corrected chi connectivity index (χ2v) is 5.88. The van der Waals surface area contributed by atoms with Gasteiger partial charge in [0.2, 0.25) is 0 Å². The van der Waals surface area contributed by atoms with Crippen LogP contribution in [0.5, 0.6) is 0 Å². The molecule has 0 spiro atoms. The Balaban J connectivity index is 2.20. The summed E-state index contributed by atoms with van der Waals surface area (Å²) in [5, 5.41) is 13.0. The average Bonchev–Trinajstić information content (AvgIpc) is 3.05. The van der Waals surface area contributed by atoms with E-state index in [0.717, 1.165) is 22.6 Å². The van der Waals surface area contributed by atoms with Crippen molar-refractivity contribution in [3.05, 3.63) is 84.7 Å². The van der Waals surface area contributed by atoms with Gasteiger partial charge in [0, 0.05) is 23.7 Å². The third-order valence-electron chi connectivity index (χ3n) is 4.13. The zero-order valence-electron chi connectivity index (χ0n) is 15.4. The van der Waals surface area contributed by atoms with E-state index >= 15 is 0 Å². The highest BCUT2D eigenvalue weighted by molar-refractivity contribution is 5.84. The fourth-order valence-electron chi connectivity index (χ4n) is 2.73. The molecule has 2 aromatic heterocycles. The van der Waals surface area contributed by atoms with Gasteiger partial charge in [0.1, 0.15) is 23.9 Å². The molecule has 0 aliphatic rings. The maximum atomic E-state index is 9.47. The lowest BCUT2D eigenvalue weighted by Crippen LogP contribution is -2.00. The number of anilines is 2. The summed E-state index contributed by atoms with van der Waals surface area (Å²) in [7, 11) is 1.52. The lowest BCUT2D eigenvalue weighted by molar-refractivity contribution is 0.207. The molecule has 6 nitrogen and oxygen atoms in total. The highest BCUT2D eigenvalue weighted by atomic mass is 16.5. The predicted octanol–water partition coefficient (Wildman–Crippen LogP) is 3.87. The van der Waals surface area contributed by atoms with E-state index in [1.54, 1.807) is 24.5 Å². The molecule has 3 rings (SSSR count). The molecule has 0 bridgehead atoms. The molecule has 0 saturated carbocycles. The van der Waals surface area contributed by atoms with Gasteiger partial charge in [0.05, 0.1) is 13.3 Å². The summed E-state index contributed by atoms with van der Waals surface area (Å²) >= 11 is 0. The number of hydrogen-bond acceptors (Lipinski definition) is 5. The summed E-state index contributed by atoms with van der Waals surface area (Å²) in [4.78, 5) is 8.88. The van der Waals surface area contributed by atoms with Crippen molar-refractivity contribution in [2.45, 2.75) is 6.92 Å². The fraction of sp³-hybridized carbons (Fsp3) is 0.143. The van der Waals surface area contributed by atoms with Crippen LogP contribution in [0.4, 0.5) is 11.5 Å². The van der Waals surface area contributed by atoms with Crippen LogP contribution in [0.2, 0.25) is 0 Å². The lowest BCUT2D eigenvalue weighted by Gasteiger charge is -2.12. The number of allylic oxidation sites excluding steroid dienone is 4. The van der Waals surface area contributed by atoms with E-state index in [9.17, 15) is 5.11 Å². The molecule has 3 aromatic rings. The van der Waals surface area contributed by atoms with Gasteiger partial charge < -0.3 is 15.2 Å². The predicted molar refractivity (Wildman–Crippen MR) is 108 cm³/mol. The third kappa shape index (κ3) is 3.91. The molecule has 2 N–H and O–H groups in total.